The van der Waals surface area contributed by atoms with Gasteiger partial charge in [0.05, 0.1) is 12.7 Å². The molecule has 1 aromatic rings. The van der Waals surface area contributed by atoms with Crippen molar-refractivity contribution in [1.82, 2.24) is 5.32 Å². The first-order valence-corrected chi connectivity index (χ1v) is 7.43. The molecule has 0 saturated heterocycles. The highest BCUT2D eigenvalue weighted by molar-refractivity contribution is 9.10. The minimum absolute atomic E-state index is 0.0243. The maximum absolute atomic E-state index is 10.4. The van der Waals surface area contributed by atoms with Gasteiger partial charge in [0.2, 0.25) is 0 Å². The molecule has 0 aliphatic rings. The van der Waals surface area contributed by atoms with Crippen molar-refractivity contribution in [2.45, 2.75) is 39.0 Å². The molecule has 0 aromatic heterocycles. The SMILES string of the molecule is COCC(NC(C)C(O)c1ccc(Br)cc1)C(C)C. The summed E-state index contributed by atoms with van der Waals surface area (Å²) >= 11 is 3.40. The number of nitrogens with one attached hydrogen (secondary N) is 1. The molecule has 3 nitrogen and oxygen atoms in total. The lowest BCUT2D eigenvalue weighted by Crippen LogP contribution is -2.45. The third kappa shape index (κ3) is 5.22. The maximum Gasteiger partial charge on any atom is 0.0940 e. The Balaban J connectivity index is 2.65. The van der Waals surface area contributed by atoms with Gasteiger partial charge in [-0.05, 0) is 30.5 Å². The molecule has 2 N–H and O–H groups in total. The number of aliphatic hydroxyl groups excluding tert-OH is 1. The number of hydrogen-bond donors (Lipinski definition) is 2. The molecule has 0 saturated carbocycles. The molecule has 1 rings (SSSR count). The Bertz CT molecular complexity index is 367. The van der Waals surface area contributed by atoms with Crippen LogP contribution >= 0.6 is 15.9 Å². The molecule has 0 spiro atoms. The van der Waals surface area contributed by atoms with Crippen molar-refractivity contribution >= 4 is 15.9 Å². The van der Waals surface area contributed by atoms with Crippen molar-refractivity contribution in [1.29, 1.82) is 0 Å². The summed E-state index contributed by atoms with van der Waals surface area (Å²) in [7, 11) is 1.70. The van der Waals surface area contributed by atoms with Crippen LogP contribution in [0.4, 0.5) is 0 Å². The second-order valence-electron chi connectivity index (χ2n) is 5.26. The Morgan fingerprint density at radius 1 is 1.21 bits per heavy atom. The van der Waals surface area contributed by atoms with Gasteiger partial charge in [-0.15, -0.1) is 0 Å². The van der Waals surface area contributed by atoms with E-state index in [-0.39, 0.29) is 12.1 Å². The van der Waals surface area contributed by atoms with Crippen LogP contribution in [0.1, 0.15) is 32.4 Å². The van der Waals surface area contributed by atoms with Crippen LogP contribution in [0.5, 0.6) is 0 Å². The lowest BCUT2D eigenvalue weighted by atomic mass is 9.99. The number of rotatable bonds is 7. The van der Waals surface area contributed by atoms with E-state index in [1.165, 1.54) is 0 Å². The van der Waals surface area contributed by atoms with Gasteiger partial charge in [-0.1, -0.05) is 41.9 Å². The van der Waals surface area contributed by atoms with Gasteiger partial charge >= 0.3 is 0 Å². The van der Waals surface area contributed by atoms with Crippen molar-refractivity contribution in [3.05, 3.63) is 34.3 Å². The fraction of sp³-hybridized carbons (Fsp3) is 0.600. The average molecular weight is 330 g/mol. The lowest BCUT2D eigenvalue weighted by Gasteiger charge is -2.28. The van der Waals surface area contributed by atoms with Crippen LogP contribution in [-0.2, 0) is 4.74 Å². The number of halogens is 1. The Morgan fingerprint density at radius 3 is 2.26 bits per heavy atom. The molecule has 0 bridgehead atoms. The van der Waals surface area contributed by atoms with E-state index in [2.05, 4.69) is 35.1 Å². The minimum atomic E-state index is -0.522. The van der Waals surface area contributed by atoms with Gasteiger partial charge in [-0.3, -0.25) is 0 Å². The summed E-state index contributed by atoms with van der Waals surface area (Å²) in [5.74, 6) is 0.458. The van der Waals surface area contributed by atoms with Crippen LogP contribution in [0, 0.1) is 5.92 Å². The molecular formula is C15H24BrNO2. The zero-order chi connectivity index (χ0) is 14.4. The van der Waals surface area contributed by atoms with E-state index in [1.807, 2.05) is 31.2 Å². The predicted molar refractivity (Wildman–Crippen MR) is 82.2 cm³/mol. The normalized spacial score (nSPS) is 16.4. The number of ether oxygens (including phenoxy) is 1. The Labute approximate surface area is 124 Å². The zero-order valence-corrected chi connectivity index (χ0v) is 13.6. The van der Waals surface area contributed by atoms with Crippen LogP contribution in [0.15, 0.2) is 28.7 Å². The summed E-state index contributed by atoms with van der Waals surface area (Å²) in [5.41, 5.74) is 0.920. The van der Waals surface area contributed by atoms with E-state index in [1.54, 1.807) is 7.11 Å². The summed E-state index contributed by atoms with van der Waals surface area (Å²) in [6.07, 6.45) is -0.522. The molecule has 0 aliphatic carbocycles. The molecule has 0 radical (unpaired) electrons. The van der Waals surface area contributed by atoms with E-state index in [4.69, 9.17) is 4.74 Å². The van der Waals surface area contributed by atoms with Crippen molar-refractivity contribution in [3.63, 3.8) is 0 Å². The molecule has 3 atom stereocenters. The number of aliphatic hydroxyl groups is 1. The summed E-state index contributed by atoms with van der Waals surface area (Å²) in [6, 6.07) is 7.98. The van der Waals surface area contributed by atoms with Crippen LogP contribution < -0.4 is 5.32 Å². The lowest BCUT2D eigenvalue weighted by molar-refractivity contribution is 0.0966. The Hall–Kier alpha value is -0.420. The summed E-state index contributed by atoms with van der Waals surface area (Å²) < 4.78 is 6.23. The number of hydrogen-bond acceptors (Lipinski definition) is 3. The maximum atomic E-state index is 10.4. The first-order chi connectivity index (χ1) is 8.95. The number of methoxy groups -OCH3 is 1. The second-order valence-corrected chi connectivity index (χ2v) is 6.17. The van der Waals surface area contributed by atoms with Crippen LogP contribution in [-0.4, -0.2) is 30.9 Å². The molecule has 4 heteroatoms. The molecule has 0 fully saturated rings. The van der Waals surface area contributed by atoms with E-state index < -0.39 is 6.10 Å². The molecule has 19 heavy (non-hydrogen) atoms. The third-order valence-corrected chi connectivity index (χ3v) is 3.84. The molecule has 108 valence electrons. The zero-order valence-electron chi connectivity index (χ0n) is 12.1. The van der Waals surface area contributed by atoms with Crippen LogP contribution in [0.25, 0.3) is 0 Å². The van der Waals surface area contributed by atoms with Crippen molar-refractivity contribution in [2.24, 2.45) is 5.92 Å². The van der Waals surface area contributed by atoms with E-state index in [9.17, 15) is 5.11 Å². The fourth-order valence-electron chi connectivity index (χ4n) is 1.99. The highest BCUT2D eigenvalue weighted by Crippen LogP contribution is 2.20. The monoisotopic (exact) mass is 329 g/mol. The average Bonchev–Trinajstić information content (AvgIpc) is 2.38. The highest BCUT2D eigenvalue weighted by atomic mass is 79.9. The second kappa shape index (κ2) is 8.00. The van der Waals surface area contributed by atoms with E-state index in [0.717, 1.165) is 10.0 Å². The first-order valence-electron chi connectivity index (χ1n) is 6.64. The van der Waals surface area contributed by atoms with Crippen molar-refractivity contribution < 1.29 is 9.84 Å². The minimum Gasteiger partial charge on any atom is -0.387 e. The van der Waals surface area contributed by atoms with Gasteiger partial charge in [0.25, 0.3) is 0 Å². The number of benzene rings is 1. The molecule has 0 amide bonds. The molecule has 0 heterocycles. The predicted octanol–water partition coefficient (Wildman–Crippen LogP) is 3.13. The molecule has 0 aliphatic heterocycles. The summed E-state index contributed by atoms with van der Waals surface area (Å²) in [4.78, 5) is 0. The fourth-order valence-corrected chi connectivity index (χ4v) is 2.25. The Morgan fingerprint density at radius 2 is 1.79 bits per heavy atom. The summed E-state index contributed by atoms with van der Waals surface area (Å²) in [5, 5.41) is 13.8. The van der Waals surface area contributed by atoms with E-state index >= 15 is 0 Å². The van der Waals surface area contributed by atoms with Gasteiger partial charge in [0.1, 0.15) is 0 Å². The third-order valence-electron chi connectivity index (χ3n) is 3.31. The van der Waals surface area contributed by atoms with Gasteiger partial charge < -0.3 is 15.2 Å². The topological polar surface area (TPSA) is 41.5 Å². The first kappa shape index (κ1) is 16.6. The highest BCUT2D eigenvalue weighted by Gasteiger charge is 2.21. The van der Waals surface area contributed by atoms with Crippen molar-refractivity contribution in [3.8, 4) is 0 Å². The van der Waals surface area contributed by atoms with Gasteiger partial charge in [0, 0.05) is 23.7 Å². The van der Waals surface area contributed by atoms with Gasteiger partial charge in [-0.2, -0.15) is 0 Å². The van der Waals surface area contributed by atoms with Gasteiger partial charge in [0.15, 0.2) is 0 Å². The quantitative estimate of drug-likeness (QED) is 0.807. The van der Waals surface area contributed by atoms with E-state index in [0.29, 0.717) is 12.5 Å². The summed E-state index contributed by atoms with van der Waals surface area (Å²) in [6.45, 7) is 6.94. The smallest absolute Gasteiger partial charge is 0.0940 e. The standard InChI is InChI=1S/C15H24BrNO2/c1-10(2)14(9-19-4)17-11(3)15(18)12-5-7-13(16)8-6-12/h5-8,10-11,14-15,17-18H,9H2,1-4H3. The van der Waals surface area contributed by atoms with Crippen LogP contribution in [0.3, 0.4) is 0 Å². The molecule has 1 aromatic carbocycles. The largest absolute Gasteiger partial charge is 0.387 e. The molecule has 3 unspecified atom stereocenters. The molecular weight excluding hydrogens is 306 g/mol. The van der Waals surface area contributed by atoms with Gasteiger partial charge in [-0.25, -0.2) is 0 Å². The Kier molecular flexibility index (Phi) is 7.00. The van der Waals surface area contributed by atoms with Crippen LogP contribution in [0.2, 0.25) is 0 Å². The van der Waals surface area contributed by atoms with Crippen molar-refractivity contribution in [2.75, 3.05) is 13.7 Å².